The fourth-order valence-electron chi connectivity index (χ4n) is 1.90. The molecule has 2 N–H and O–H groups in total. The summed E-state index contributed by atoms with van der Waals surface area (Å²) in [5, 5.41) is 2.34. The van der Waals surface area contributed by atoms with Crippen molar-refractivity contribution in [3.05, 3.63) is 59.7 Å². The molecule has 0 unspecified atom stereocenters. The van der Waals surface area contributed by atoms with Crippen LogP contribution in [0.25, 0.3) is 11.0 Å². The zero-order valence-corrected chi connectivity index (χ0v) is 10.2. The van der Waals surface area contributed by atoms with Gasteiger partial charge in [-0.05, 0) is 24.3 Å². The highest BCUT2D eigenvalue weighted by molar-refractivity contribution is 6.04. The predicted octanol–water partition coefficient (Wildman–Crippen LogP) is 3.09. The third-order valence-electron chi connectivity index (χ3n) is 2.81. The van der Waals surface area contributed by atoms with Crippen molar-refractivity contribution in [2.75, 3.05) is 5.32 Å². The Labute approximate surface area is 112 Å². The Morgan fingerprint density at radius 3 is 2.45 bits per heavy atom. The molecule has 1 aromatic heterocycles. The number of H-pyrrole nitrogens is 1. The molecule has 4 nitrogen and oxygen atoms in total. The smallest absolute Gasteiger partial charge is 0.263 e. The van der Waals surface area contributed by atoms with Crippen molar-refractivity contribution in [2.24, 2.45) is 0 Å². The predicted molar refractivity (Wildman–Crippen MR) is 70.4 cm³/mol. The third-order valence-corrected chi connectivity index (χ3v) is 2.81. The average Bonchev–Trinajstić information content (AvgIpc) is 2.80. The highest BCUT2D eigenvalue weighted by atomic mass is 19.1. The quantitative estimate of drug-likeness (QED) is 0.753. The number of fused-ring (bicyclic) bond motifs is 1. The lowest BCUT2D eigenvalue weighted by molar-refractivity contribution is 0.101. The molecule has 2 aromatic carbocycles. The highest BCUT2D eigenvalue weighted by Crippen LogP contribution is 2.16. The van der Waals surface area contributed by atoms with Crippen LogP contribution >= 0.6 is 0 Å². The molecule has 100 valence electrons. The molecular weight excluding hydrogens is 264 g/mol. The second-order valence-corrected chi connectivity index (χ2v) is 4.15. The molecule has 0 aliphatic heterocycles. The molecule has 0 saturated carbocycles. The first-order valence-electron chi connectivity index (χ1n) is 5.85. The molecule has 0 radical (unpaired) electrons. The van der Waals surface area contributed by atoms with Crippen molar-refractivity contribution in [3.63, 3.8) is 0 Å². The number of nitrogens with zero attached hydrogens (tertiary/aromatic N) is 1. The lowest BCUT2D eigenvalue weighted by atomic mass is 10.2. The lowest BCUT2D eigenvalue weighted by Gasteiger charge is -2.04. The first-order chi connectivity index (χ1) is 9.65. The number of hydrogen-bond acceptors (Lipinski definition) is 2. The molecule has 0 fully saturated rings. The number of carbonyl (C=O) groups excluding carboxylic acids is 1. The van der Waals surface area contributed by atoms with Crippen molar-refractivity contribution in [1.29, 1.82) is 0 Å². The first kappa shape index (κ1) is 12.3. The third kappa shape index (κ3) is 2.11. The number of nitrogens with one attached hydrogen (secondary N) is 2. The van der Waals surface area contributed by atoms with Crippen molar-refractivity contribution < 1.29 is 13.6 Å². The molecule has 3 rings (SSSR count). The largest absolute Gasteiger partial charge is 0.324 e. The van der Waals surface area contributed by atoms with E-state index in [4.69, 9.17) is 0 Å². The van der Waals surface area contributed by atoms with E-state index in [1.165, 1.54) is 6.07 Å². The van der Waals surface area contributed by atoms with Crippen LogP contribution in [-0.2, 0) is 0 Å². The summed E-state index contributed by atoms with van der Waals surface area (Å²) < 4.78 is 27.0. The fraction of sp³-hybridized carbons (Fsp3) is 0. The molecule has 1 heterocycles. The molecule has 3 aromatic rings. The van der Waals surface area contributed by atoms with Crippen molar-refractivity contribution in [2.45, 2.75) is 0 Å². The SMILES string of the molecule is O=C(Nc1nc2ccccc2[nH]1)c1c(F)cccc1F. The molecule has 0 spiro atoms. The maximum Gasteiger partial charge on any atom is 0.263 e. The number of aromatic nitrogens is 2. The normalized spacial score (nSPS) is 10.7. The van der Waals surface area contributed by atoms with Crippen LogP contribution < -0.4 is 5.32 Å². The molecule has 6 heteroatoms. The van der Waals surface area contributed by atoms with Gasteiger partial charge >= 0.3 is 0 Å². The van der Waals surface area contributed by atoms with Crippen LogP contribution in [0.1, 0.15) is 10.4 Å². The Bertz CT molecular complexity index is 745. The van der Waals surface area contributed by atoms with Crippen molar-refractivity contribution in [1.82, 2.24) is 9.97 Å². The van der Waals surface area contributed by atoms with Gasteiger partial charge in [0.15, 0.2) is 0 Å². The Kier molecular flexibility index (Phi) is 2.90. The number of para-hydroxylation sites is 2. The number of amides is 1. The van der Waals surface area contributed by atoms with Crippen LogP contribution in [0.3, 0.4) is 0 Å². The second kappa shape index (κ2) is 4.73. The van der Waals surface area contributed by atoms with E-state index >= 15 is 0 Å². The number of hydrogen-bond donors (Lipinski definition) is 2. The van der Waals surface area contributed by atoms with Gasteiger partial charge in [0.25, 0.3) is 5.91 Å². The number of aromatic amines is 1. The van der Waals surface area contributed by atoms with Crippen LogP contribution in [0.4, 0.5) is 14.7 Å². The number of carbonyl (C=O) groups is 1. The van der Waals surface area contributed by atoms with Gasteiger partial charge in [-0.15, -0.1) is 0 Å². The topological polar surface area (TPSA) is 57.8 Å². The van der Waals surface area contributed by atoms with Crippen molar-refractivity contribution in [3.8, 4) is 0 Å². The van der Waals surface area contributed by atoms with Crippen LogP contribution in [0, 0.1) is 11.6 Å². The number of halogens is 2. The summed E-state index contributed by atoms with van der Waals surface area (Å²) in [6.45, 7) is 0. The minimum atomic E-state index is -0.918. The van der Waals surface area contributed by atoms with Gasteiger partial charge in [-0.2, -0.15) is 0 Å². The van der Waals surface area contributed by atoms with Crippen LogP contribution in [0.15, 0.2) is 42.5 Å². The summed E-state index contributed by atoms with van der Waals surface area (Å²) in [4.78, 5) is 18.8. The molecule has 0 saturated heterocycles. The molecule has 0 bridgehead atoms. The molecule has 0 atom stereocenters. The number of anilines is 1. The van der Waals surface area contributed by atoms with Gasteiger partial charge in [-0.1, -0.05) is 18.2 Å². The average molecular weight is 273 g/mol. The van der Waals surface area contributed by atoms with E-state index in [0.717, 1.165) is 17.6 Å². The summed E-state index contributed by atoms with van der Waals surface area (Å²) in [7, 11) is 0. The van der Waals surface area contributed by atoms with Gasteiger partial charge in [0.1, 0.15) is 17.2 Å². The van der Waals surface area contributed by atoms with Crippen LogP contribution in [0.5, 0.6) is 0 Å². The Hall–Kier alpha value is -2.76. The van der Waals surface area contributed by atoms with Crippen LogP contribution in [-0.4, -0.2) is 15.9 Å². The van der Waals surface area contributed by atoms with Gasteiger partial charge in [-0.3, -0.25) is 10.1 Å². The van der Waals surface area contributed by atoms with E-state index in [0.29, 0.717) is 5.52 Å². The second-order valence-electron chi connectivity index (χ2n) is 4.15. The van der Waals surface area contributed by atoms with Crippen molar-refractivity contribution >= 4 is 22.9 Å². The van der Waals surface area contributed by atoms with Gasteiger partial charge in [0.05, 0.1) is 11.0 Å². The summed E-state index contributed by atoms with van der Waals surface area (Å²) in [5.74, 6) is -2.59. The van der Waals surface area contributed by atoms with E-state index in [1.54, 1.807) is 18.2 Å². The minimum Gasteiger partial charge on any atom is -0.324 e. The molecular formula is C14H9F2N3O. The van der Waals surface area contributed by atoms with Gasteiger partial charge in [0.2, 0.25) is 5.95 Å². The standard InChI is InChI=1S/C14H9F2N3O/c15-8-4-3-5-9(16)12(8)13(20)19-14-17-10-6-1-2-7-11(10)18-14/h1-7H,(H2,17,18,19,20). The number of imidazole rings is 1. The highest BCUT2D eigenvalue weighted by Gasteiger charge is 2.18. The minimum absolute atomic E-state index is 0.138. The number of rotatable bonds is 2. The van der Waals surface area contributed by atoms with Gasteiger partial charge in [0, 0.05) is 0 Å². The van der Waals surface area contributed by atoms with E-state index in [2.05, 4.69) is 15.3 Å². The number of benzene rings is 2. The Morgan fingerprint density at radius 1 is 1.05 bits per heavy atom. The molecule has 0 aliphatic rings. The maximum atomic E-state index is 13.5. The summed E-state index contributed by atoms with van der Waals surface area (Å²) >= 11 is 0. The molecule has 1 amide bonds. The van der Waals surface area contributed by atoms with Crippen LogP contribution in [0.2, 0.25) is 0 Å². The van der Waals surface area contributed by atoms with E-state index in [9.17, 15) is 13.6 Å². The summed E-state index contributed by atoms with van der Waals surface area (Å²) in [5.41, 5.74) is 0.738. The Balaban J connectivity index is 1.92. The summed E-state index contributed by atoms with van der Waals surface area (Å²) in [6, 6.07) is 10.4. The molecule has 20 heavy (non-hydrogen) atoms. The fourth-order valence-corrected chi connectivity index (χ4v) is 1.90. The van der Waals surface area contributed by atoms with Gasteiger partial charge < -0.3 is 4.98 Å². The zero-order chi connectivity index (χ0) is 14.1. The maximum absolute atomic E-state index is 13.5. The molecule has 0 aliphatic carbocycles. The monoisotopic (exact) mass is 273 g/mol. The van der Waals surface area contributed by atoms with E-state index in [-0.39, 0.29) is 5.95 Å². The van der Waals surface area contributed by atoms with E-state index < -0.39 is 23.1 Å². The zero-order valence-electron chi connectivity index (χ0n) is 10.2. The first-order valence-corrected chi connectivity index (χ1v) is 5.85. The van der Waals surface area contributed by atoms with E-state index in [1.807, 2.05) is 6.07 Å². The Morgan fingerprint density at radius 2 is 1.75 bits per heavy atom. The lowest BCUT2D eigenvalue weighted by Crippen LogP contribution is -2.16. The van der Waals surface area contributed by atoms with Gasteiger partial charge in [-0.25, -0.2) is 13.8 Å². The summed E-state index contributed by atoms with van der Waals surface area (Å²) in [6.07, 6.45) is 0.